The molecule has 7 heteroatoms. The van der Waals surface area contributed by atoms with Gasteiger partial charge in [-0.25, -0.2) is 0 Å². The molecule has 29 heavy (non-hydrogen) atoms. The zero-order valence-electron chi connectivity index (χ0n) is 17.7. The van der Waals surface area contributed by atoms with Crippen molar-refractivity contribution in [1.29, 1.82) is 0 Å². The molecule has 1 saturated heterocycles. The molecular formula is C22H32Cl2N2O3. The number of methoxy groups -OCH3 is 3. The molecule has 2 aromatic rings. The maximum Gasteiger partial charge on any atom is 0.203 e. The average molecular weight is 443 g/mol. The van der Waals surface area contributed by atoms with Gasteiger partial charge in [0.1, 0.15) is 31.9 Å². The zero-order chi connectivity index (χ0) is 19.2. The van der Waals surface area contributed by atoms with Crippen molar-refractivity contribution in [3.8, 4) is 17.2 Å². The number of nitrogens with one attached hydrogen (secondary N) is 2. The number of hydrogen-bond donors (Lipinski definition) is 2. The highest BCUT2D eigenvalue weighted by Gasteiger charge is 2.24. The fourth-order valence-corrected chi connectivity index (χ4v) is 3.91. The number of quaternary nitrogens is 2. The molecule has 1 aliphatic heterocycles. The van der Waals surface area contributed by atoms with Gasteiger partial charge in [0.05, 0.1) is 27.9 Å². The number of hydrogen-bond acceptors (Lipinski definition) is 3. The van der Waals surface area contributed by atoms with Crippen LogP contribution in [0.15, 0.2) is 36.4 Å². The number of benzene rings is 2. The van der Waals surface area contributed by atoms with E-state index in [0.717, 1.165) is 24.5 Å². The lowest BCUT2D eigenvalue weighted by Crippen LogP contribution is -3.26. The Balaban J connectivity index is 0.00000210. The summed E-state index contributed by atoms with van der Waals surface area (Å²) in [6.07, 6.45) is 1.01. The summed E-state index contributed by atoms with van der Waals surface area (Å²) in [5.74, 6) is 2.12. The summed E-state index contributed by atoms with van der Waals surface area (Å²) in [6, 6.07) is 13.0. The molecule has 0 spiro atoms. The van der Waals surface area contributed by atoms with Crippen molar-refractivity contribution in [2.24, 2.45) is 0 Å². The van der Waals surface area contributed by atoms with Crippen LogP contribution in [0.1, 0.15) is 11.1 Å². The highest BCUT2D eigenvalue weighted by Crippen LogP contribution is 2.38. The monoisotopic (exact) mass is 442 g/mol. The molecule has 3 rings (SSSR count). The molecular weight excluding hydrogens is 411 g/mol. The molecule has 0 aromatic heterocycles. The first kappa shape index (κ1) is 25.4. The summed E-state index contributed by atoms with van der Waals surface area (Å²) in [5, 5.41) is 0. The van der Waals surface area contributed by atoms with E-state index in [1.165, 1.54) is 43.0 Å². The number of halogens is 2. The lowest BCUT2D eigenvalue weighted by atomic mass is 10.1. The highest BCUT2D eigenvalue weighted by molar-refractivity contribution is 5.53. The van der Waals surface area contributed by atoms with Crippen LogP contribution in [-0.4, -0.2) is 54.1 Å². The van der Waals surface area contributed by atoms with Gasteiger partial charge in [-0.3, -0.25) is 4.90 Å². The van der Waals surface area contributed by atoms with Gasteiger partial charge in [-0.1, -0.05) is 12.1 Å². The number of aryl methyl sites for hydroxylation is 1. The first-order valence-corrected chi connectivity index (χ1v) is 9.68. The molecule has 1 aliphatic rings. The molecule has 162 valence electrons. The van der Waals surface area contributed by atoms with Crippen LogP contribution in [0, 0.1) is 6.92 Å². The van der Waals surface area contributed by atoms with Crippen LogP contribution in [0.3, 0.4) is 0 Å². The standard InChI is InChI=1S/C22H30N2O3.2ClH/c1-17-6-5-7-19(14-17)24-12-10-23(11-13-24)9-8-18-15-20(25-2)22(27-4)21(16-18)26-3;;/h5-7,14-16H,8-13H2,1-4H3;2*1H. The molecule has 2 aromatic carbocycles. The molecule has 0 atom stereocenters. The van der Waals surface area contributed by atoms with E-state index in [9.17, 15) is 0 Å². The van der Waals surface area contributed by atoms with E-state index in [1.54, 1.807) is 31.1 Å². The van der Waals surface area contributed by atoms with E-state index in [4.69, 9.17) is 14.2 Å². The van der Waals surface area contributed by atoms with Gasteiger partial charge >= 0.3 is 0 Å². The Morgan fingerprint density at radius 3 is 1.97 bits per heavy atom. The molecule has 1 heterocycles. The largest absolute Gasteiger partial charge is 1.00 e. The van der Waals surface area contributed by atoms with Gasteiger partial charge in [0.15, 0.2) is 11.5 Å². The Kier molecular flexibility index (Phi) is 10.6. The molecule has 0 bridgehead atoms. The van der Waals surface area contributed by atoms with Crippen molar-refractivity contribution < 1.29 is 48.8 Å². The Morgan fingerprint density at radius 2 is 1.45 bits per heavy atom. The van der Waals surface area contributed by atoms with Gasteiger partial charge in [-0.2, -0.15) is 0 Å². The van der Waals surface area contributed by atoms with E-state index in [1.807, 2.05) is 0 Å². The predicted octanol–water partition coefficient (Wildman–Crippen LogP) is -5.31. The Morgan fingerprint density at radius 1 is 0.828 bits per heavy atom. The minimum atomic E-state index is 0. The maximum atomic E-state index is 5.47. The predicted molar refractivity (Wildman–Crippen MR) is 107 cm³/mol. The van der Waals surface area contributed by atoms with E-state index >= 15 is 0 Å². The third kappa shape index (κ3) is 6.41. The summed E-state index contributed by atoms with van der Waals surface area (Å²) in [5.41, 5.74) is 4.00. The fraction of sp³-hybridized carbons (Fsp3) is 0.455. The normalized spacial score (nSPS) is 18.2. The number of ether oxygens (including phenoxy) is 3. The third-order valence-electron chi connectivity index (χ3n) is 5.48. The van der Waals surface area contributed by atoms with Gasteiger partial charge < -0.3 is 43.9 Å². The van der Waals surface area contributed by atoms with Crippen LogP contribution in [0.4, 0.5) is 5.69 Å². The van der Waals surface area contributed by atoms with Crippen LogP contribution >= 0.6 is 0 Å². The van der Waals surface area contributed by atoms with Crippen molar-refractivity contribution in [2.75, 3.05) is 54.1 Å². The van der Waals surface area contributed by atoms with Crippen LogP contribution in [0.5, 0.6) is 17.2 Å². The first-order valence-electron chi connectivity index (χ1n) is 9.68. The lowest BCUT2D eigenvalue weighted by molar-refractivity contribution is -0.986. The molecule has 0 radical (unpaired) electrons. The summed E-state index contributed by atoms with van der Waals surface area (Å²) in [4.78, 5) is 3.27. The van der Waals surface area contributed by atoms with E-state index in [0.29, 0.717) is 5.75 Å². The van der Waals surface area contributed by atoms with E-state index in [-0.39, 0.29) is 24.8 Å². The van der Waals surface area contributed by atoms with Crippen LogP contribution in [0.2, 0.25) is 0 Å². The topological polar surface area (TPSA) is 36.6 Å². The minimum absolute atomic E-state index is 0. The molecule has 0 amide bonds. The van der Waals surface area contributed by atoms with Gasteiger partial charge in [-0.15, -0.1) is 0 Å². The van der Waals surface area contributed by atoms with Crippen LogP contribution in [0.25, 0.3) is 0 Å². The SMILES string of the molecule is COc1cc(CC[NH+]2CC[NH+](c3cccc(C)c3)CC2)cc(OC)c1OC.[Cl-].[Cl-]. The van der Waals surface area contributed by atoms with Crippen molar-refractivity contribution in [2.45, 2.75) is 13.3 Å². The lowest BCUT2D eigenvalue weighted by Gasteiger charge is -2.29. The quantitative estimate of drug-likeness (QED) is 0.449. The Bertz CT molecular complexity index is 740. The van der Waals surface area contributed by atoms with Crippen molar-refractivity contribution in [3.63, 3.8) is 0 Å². The van der Waals surface area contributed by atoms with E-state index < -0.39 is 0 Å². The Hall–Kier alpha value is -1.66. The molecule has 1 fully saturated rings. The summed E-state index contributed by atoms with van der Waals surface area (Å²) in [7, 11) is 4.97. The second-order valence-electron chi connectivity index (χ2n) is 7.26. The summed E-state index contributed by atoms with van der Waals surface area (Å²) in [6.45, 7) is 8.07. The van der Waals surface area contributed by atoms with Crippen LogP contribution in [-0.2, 0) is 6.42 Å². The summed E-state index contributed by atoms with van der Waals surface area (Å²) >= 11 is 0. The van der Waals surface area contributed by atoms with Crippen LogP contribution < -0.4 is 48.8 Å². The molecule has 2 N–H and O–H groups in total. The molecule has 0 aliphatic carbocycles. The fourth-order valence-electron chi connectivity index (χ4n) is 3.91. The molecule has 0 unspecified atom stereocenters. The van der Waals surface area contributed by atoms with Gasteiger partial charge in [0, 0.05) is 12.5 Å². The number of rotatable bonds is 7. The van der Waals surface area contributed by atoms with Gasteiger partial charge in [-0.05, 0) is 36.2 Å². The molecule has 0 saturated carbocycles. The van der Waals surface area contributed by atoms with Gasteiger partial charge in [0.2, 0.25) is 5.75 Å². The number of piperazine rings is 1. The van der Waals surface area contributed by atoms with Crippen molar-refractivity contribution in [3.05, 3.63) is 47.5 Å². The minimum Gasteiger partial charge on any atom is -1.00 e. The third-order valence-corrected chi connectivity index (χ3v) is 5.48. The van der Waals surface area contributed by atoms with E-state index in [2.05, 4.69) is 43.3 Å². The average Bonchev–Trinajstić information content (AvgIpc) is 2.71. The zero-order valence-corrected chi connectivity index (χ0v) is 19.2. The second-order valence-corrected chi connectivity index (χ2v) is 7.26. The smallest absolute Gasteiger partial charge is 0.203 e. The highest BCUT2D eigenvalue weighted by atomic mass is 35.5. The maximum absolute atomic E-state index is 5.47. The molecule has 5 nitrogen and oxygen atoms in total. The van der Waals surface area contributed by atoms with Crippen molar-refractivity contribution >= 4 is 5.69 Å². The second kappa shape index (κ2) is 12.1. The van der Waals surface area contributed by atoms with Gasteiger partial charge in [0.25, 0.3) is 0 Å². The summed E-state index contributed by atoms with van der Waals surface area (Å²) < 4.78 is 16.3. The first-order chi connectivity index (χ1) is 13.1. The van der Waals surface area contributed by atoms with Crippen molar-refractivity contribution in [1.82, 2.24) is 0 Å². The Labute approximate surface area is 186 Å².